The van der Waals surface area contributed by atoms with E-state index in [4.69, 9.17) is 5.11 Å². The van der Waals surface area contributed by atoms with Gasteiger partial charge in [0.15, 0.2) is 0 Å². The lowest BCUT2D eigenvalue weighted by molar-refractivity contribution is -0.142. The molecule has 1 N–H and O–H groups in total. The predicted octanol–water partition coefficient (Wildman–Crippen LogP) is 1.98. The summed E-state index contributed by atoms with van der Waals surface area (Å²) in [5, 5.41) is 8.56. The third-order valence-corrected chi connectivity index (χ3v) is 2.66. The summed E-state index contributed by atoms with van der Waals surface area (Å²) in [4.78, 5) is 21.7. The Morgan fingerprint density at radius 2 is 1.88 bits per heavy atom. The van der Waals surface area contributed by atoms with Crippen LogP contribution >= 0.6 is 0 Å². The van der Waals surface area contributed by atoms with E-state index in [-0.39, 0.29) is 18.3 Å². The lowest BCUT2D eigenvalue weighted by atomic mass is 9.99. The van der Waals surface area contributed by atoms with Crippen LogP contribution in [-0.4, -0.2) is 24.2 Å². The van der Waals surface area contributed by atoms with Gasteiger partial charge in [0.25, 0.3) is 0 Å². The highest BCUT2D eigenvalue weighted by Gasteiger charge is 2.15. The maximum atomic E-state index is 11.3. The van der Waals surface area contributed by atoms with E-state index < -0.39 is 5.97 Å². The minimum absolute atomic E-state index is 0.117. The van der Waals surface area contributed by atoms with Crippen LogP contribution < -0.4 is 0 Å². The molecule has 1 atom stereocenters. The molecule has 1 aromatic rings. The van der Waals surface area contributed by atoms with Crippen molar-refractivity contribution in [3.63, 3.8) is 0 Å². The number of carbonyl (C=O) groups is 2. The van der Waals surface area contributed by atoms with E-state index in [2.05, 4.69) is 4.74 Å². The number of aliphatic carboxylic acids is 1. The summed E-state index contributed by atoms with van der Waals surface area (Å²) in [5.74, 6) is -1.38. The number of aryl methyl sites for hydroxylation is 1. The maximum Gasteiger partial charge on any atom is 0.312 e. The molecule has 1 unspecified atom stereocenters. The molecule has 4 heteroatoms. The van der Waals surface area contributed by atoms with E-state index in [9.17, 15) is 9.59 Å². The fourth-order valence-electron chi connectivity index (χ4n) is 1.54. The number of carboxylic acids is 1. The lowest BCUT2D eigenvalue weighted by Crippen LogP contribution is -2.10. The number of esters is 1. The Labute approximate surface area is 100 Å². The van der Waals surface area contributed by atoms with Gasteiger partial charge >= 0.3 is 11.9 Å². The average molecular weight is 236 g/mol. The van der Waals surface area contributed by atoms with Crippen molar-refractivity contribution in [2.45, 2.75) is 25.7 Å². The van der Waals surface area contributed by atoms with Crippen LogP contribution in [0.3, 0.4) is 0 Å². The zero-order valence-corrected chi connectivity index (χ0v) is 9.97. The number of benzene rings is 1. The first-order chi connectivity index (χ1) is 8.04. The highest BCUT2D eigenvalue weighted by atomic mass is 16.5. The number of carboxylic acid groups (broad SMARTS) is 1. The van der Waals surface area contributed by atoms with Crippen LogP contribution in [0.5, 0.6) is 0 Å². The molecule has 0 bridgehead atoms. The second-order valence-corrected chi connectivity index (χ2v) is 3.88. The van der Waals surface area contributed by atoms with Gasteiger partial charge in [0.2, 0.25) is 0 Å². The van der Waals surface area contributed by atoms with Crippen molar-refractivity contribution >= 4 is 11.9 Å². The Bertz CT molecular complexity index is 394. The molecule has 0 amide bonds. The number of carbonyl (C=O) groups excluding carboxylic acids is 1. The van der Waals surface area contributed by atoms with E-state index in [1.54, 1.807) is 6.92 Å². The average Bonchev–Trinajstić information content (AvgIpc) is 2.35. The van der Waals surface area contributed by atoms with E-state index >= 15 is 0 Å². The second kappa shape index (κ2) is 6.03. The summed E-state index contributed by atoms with van der Waals surface area (Å²) < 4.78 is 4.66. The second-order valence-electron chi connectivity index (χ2n) is 3.88. The third-order valence-electron chi connectivity index (χ3n) is 2.66. The van der Waals surface area contributed by atoms with Gasteiger partial charge in [0, 0.05) is 6.42 Å². The molecule has 0 radical (unpaired) electrons. The fraction of sp³-hybridized carbons (Fsp3) is 0.385. The molecule has 92 valence electrons. The molecule has 1 aromatic carbocycles. The van der Waals surface area contributed by atoms with Crippen molar-refractivity contribution in [1.29, 1.82) is 0 Å². The highest BCUT2D eigenvalue weighted by Crippen LogP contribution is 2.17. The van der Waals surface area contributed by atoms with E-state index in [0.29, 0.717) is 6.42 Å². The van der Waals surface area contributed by atoms with Crippen molar-refractivity contribution in [2.75, 3.05) is 7.11 Å². The van der Waals surface area contributed by atoms with Crippen LogP contribution in [0.15, 0.2) is 24.3 Å². The van der Waals surface area contributed by atoms with Gasteiger partial charge in [-0.2, -0.15) is 0 Å². The smallest absolute Gasteiger partial charge is 0.312 e. The lowest BCUT2D eigenvalue weighted by Gasteiger charge is -2.09. The standard InChI is InChI=1S/C13H16O4/c1-9(13(16)17-2)11-6-3-10(4-7-11)5-8-12(14)15/h3-4,6-7,9H,5,8H2,1-2H3,(H,14,15). The van der Waals surface area contributed by atoms with Crippen molar-refractivity contribution in [3.05, 3.63) is 35.4 Å². The van der Waals surface area contributed by atoms with Crippen molar-refractivity contribution in [1.82, 2.24) is 0 Å². The summed E-state index contributed by atoms with van der Waals surface area (Å²) in [6.45, 7) is 1.78. The van der Waals surface area contributed by atoms with Crippen molar-refractivity contribution in [2.24, 2.45) is 0 Å². The van der Waals surface area contributed by atoms with Gasteiger partial charge in [-0.05, 0) is 24.5 Å². The zero-order chi connectivity index (χ0) is 12.8. The van der Waals surface area contributed by atoms with Crippen LogP contribution in [-0.2, 0) is 20.7 Å². The normalized spacial score (nSPS) is 11.9. The molecule has 0 saturated carbocycles. The molecular formula is C13H16O4. The van der Waals surface area contributed by atoms with Gasteiger partial charge in [-0.15, -0.1) is 0 Å². The van der Waals surface area contributed by atoms with Crippen LogP contribution in [0, 0.1) is 0 Å². The van der Waals surface area contributed by atoms with E-state index in [1.165, 1.54) is 7.11 Å². The number of hydrogen-bond donors (Lipinski definition) is 1. The zero-order valence-electron chi connectivity index (χ0n) is 9.97. The fourth-order valence-corrected chi connectivity index (χ4v) is 1.54. The topological polar surface area (TPSA) is 63.6 Å². The Morgan fingerprint density at radius 3 is 2.35 bits per heavy atom. The number of ether oxygens (including phenoxy) is 1. The monoisotopic (exact) mass is 236 g/mol. The minimum atomic E-state index is -0.808. The molecule has 1 rings (SSSR count). The largest absolute Gasteiger partial charge is 0.481 e. The number of rotatable bonds is 5. The Kier molecular flexibility index (Phi) is 4.69. The van der Waals surface area contributed by atoms with E-state index in [0.717, 1.165) is 11.1 Å². The Balaban J connectivity index is 2.67. The molecule has 0 aliphatic heterocycles. The van der Waals surface area contributed by atoms with Gasteiger partial charge in [0.05, 0.1) is 13.0 Å². The summed E-state index contributed by atoms with van der Waals surface area (Å²) in [5.41, 5.74) is 1.82. The Morgan fingerprint density at radius 1 is 1.29 bits per heavy atom. The van der Waals surface area contributed by atoms with Crippen LogP contribution in [0.2, 0.25) is 0 Å². The van der Waals surface area contributed by atoms with Gasteiger partial charge < -0.3 is 9.84 Å². The molecule has 0 aliphatic rings. The molecule has 0 heterocycles. The first-order valence-corrected chi connectivity index (χ1v) is 5.43. The predicted molar refractivity (Wildman–Crippen MR) is 62.8 cm³/mol. The summed E-state index contributed by atoms with van der Waals surface area (Å²) in [6.07, 6.45) is 0.619. The van der Waals surface area contributed by atoms with Gasteiger partial charge in [0.1, 0.15) is 0 Å². The van der Waals surface area contributed by atoms with Crippen molar-refractivity contribution in [3.8, 4) is 0 Å². The van der Waals surface area contributed by atoms with Gasteiger partial charge in [-0.1, -0.05) is 24.3 Å². The number of methoxy groups -OCH3 is 1. The van der Waals surface area contributed by atoms with Crippen LogP contribution in [0.4, 0.5) is 0 Å². The van der Waals surface area contributed by atoms with Crippen LogP contribution in [0.1, 0.15) is 30.4 Å². The van der Waals surface area contributed by atoms with Crippen LogP contribution in [0.25, 0.3) is 0 Å². The first kappa shape index (κ1) is 13.2. The molecular weight excluding hydrogens is 220 g/mol. The SMILES string of the molecule is COC(=O)C(C)c1ccc(CCC(=O)O)cc1. The van der Waals surface area contributed by atoms with Gasteiger partial charge in [-0.25, -0.2) is 0 Å². The molecule has 0 aromatic heterocycles. The maximum absolute atomic E-state index is 11.3. The molecule has 17 heavy (non-hydrogen) atoms. The molecule has 0 spiro atoms. The molecule has 4 nitrogen and oxygen atoms in total. The molecule has 0 fully saturated rings. The minimum Gasteiger partial charge on any atom is -0.481 e. The molecule has 0 saturated heterocycles. The quantitative estimate of drug-likeness (QED) is 0.794. The summed E-state index contributed by atoms with van der Waals surface area (Å²) in [6, 6.07) is 7.35. The first-order valence-electron chi connectivity index (χ1n) is 5.43. The Hall–Kier alpha value is -1.84. The molecule has 0 aliphatic carbocycles. The summed E-state index contributed by atoms with van der Waals surface area (Å²) >= 11 is 0. The van der Waals surface area contributed by atoms with Gasteiger partial charge in [-0.3, -0.25) is 9.59 Å². The van der Waals surface area contributed by atoms with Crippen molar-refractivity contribution < 1.29 is 19.4 Å². The summed E-state index contributed by atoms with van der Waals surface area (Å²) in [7, 11) is 1.36. The van der Waals surface area contributed by atoms with E-state index in [1.807, 2.05) is 24.3 Å². The number of hydrogen-bond acceptors (Lipinski definition) is 3. The third kappa shape index (κ3) is 3.90. The highest BCUT2D eigenvalue weighted by molar-refractivity contribution is 5.77.